The number of rotatable bonds is 6. The summed E-state index contributed by atoms with van der Waals surface area (Å²) in [6, 6.07) is 0. The molecule has 1 aliphatic heterocycles. The molecule has 212 valence electrons. The van der Waals surface area contributed by atoms with Crippen molar-refractivity contribution in [1.29, 1.82) is 0 Å². The number of hydrogen-bond acceptors (Lipinski definition) is 8. The van der Waals surface area contributed by atoms with Gasteiger partial charge in [0.25, 0.3) is 0 Å². The highest BCUT2D eigenvalue weighted by atomic mass is 32.2. The summed E-state index contributed by atoms with van der Waals surface area (Å²) in [6.45, 7) is 0.504. The molecule has 1 heterocycles. The van der Waals surface area contributed by atoms with Crippen LogP contribution in [0.3, 0.4) is 0 Å². The van der Waals surface area contributed by atoms with E-state index in [0.29, 0.717) is 50.5 Å². The molecule has 0 aromatic carbocycles. The Bertz CT molecular complexity index is 1100. The molecule has 3 unspecified atom stereocenters. The van der Waals surface area contributed by atoms with Crippen LogP contribution in [0.25, 0.3) is 0 Å². The number of ether oxygens (including phenoxy) is 4. The molecule has 0 amide bonds. The van der Waals surface area contributed by atoms with Gasteiger partial charge in [-0.25, -0.2) is 4.79 Å². The molecule has 9 nitrogen and oxygen atoms in total. The Hall–Kier alpha value is -1.37. The second-order valence-electron chi connectivity index (χ2n) is 13.3. The Kier molecular flexibility index (Phi) is 5.61. The molecule has 1 spiro atoms. The van der Waals surface area contributed by atoms with Crippen LogP contribution in [0.1, 0.15) is 64.2 Å². The van der Waals surface area contributed by atoms with Crippen LogP contribution in [0, 0.1) is 46.8 Å². The van der Waals surface area contributed by atoms with Gasteiger partial charge in [-0.15, -0.1) is 0 Å². The van der Waals surface area contributed by atoms with Crippen molar-refractivity contribution < 1.29 is 50.3 Å². The number of esters is 2. The maximum atomic E-state index is 13.8. The monoisotopic (exact) mass is 560 g/mol. The first kappa shape index (κ1) is 25.6. The molecular formula is C26H34F2O9S. The van der Waals surface area contributed by atoms with Gasteiger partial charge >= 0.3 is 27.3 Å². The predicted molar refractivity (Wildman–Crippen MR) is 124 cm³/mol. The first-order chi connectivity index (χ1) is 17.9. The van der Waals surface area contributed by atoms with Crippen molar-refractivity contribution in [2.24, 2.45) is 46.8 Å². The molecule has 8 saturated carbocycles. The molecule has 9 fully saturated rings. The lowest BCUT2D eigenvalue weighted by atomic mass is 9.48. The number of halogens is 2. The molecule has 9 rings (SSSR count). The molecule has 3 atom stereocenters. The van der Waals surface area contributed by atoms with E-state index in [1.54, 1.807) is 0 Å². The molecule has 38 heavy (non-hydrogen) atoms. The van der Waals surface area contributed by atoms with Gasteiger partial charge in [0.1, 0.15) is 18.8 Å². The first-order valence-corrected chi connectivity index (χ1v) is 15.4. The van der Waals surface area contributed by atoms with Gasteiger partial charge in [0.2, 0.25) is 0 Å². The minimum absolute atomic E-state index is 0.105. The van der Waals surface area contributed by atoms with Gasteiger partial charge < -0.3 is 18.9 Å². The zero-order chi connectivity index (χ0) is 26.7. The van der Waals surface area contributed by atoms with Crippen molar-refractivity contribution >= 4 is 22.1 Å². The van der Waals surface area contributed by atoms with E-state index in [2.05, 4.69) is 0 Å². The smallest absolute Gasteiger partial charge is 0.462 e. The highest BCUT2D eigenvalue weighted by Crippen LogP contribution is 2.63. The SMILES string of the molecule is O=C(OCC1COC2(O1)C1CC3CC(C1)CC2C3)C12CC3CC(C1)C(OC(=O)C(F)(F)S(=O)(=O)O)C(C3)C2. The Morgan fingerprint density at radius 1 is 0.921 bits per heavy atom. The van der Waals surface area contributed by atoms with Crippen molar-refractivity contribution in [1.82, 2.24) is 0 Å². The van der Waals surface area contributed by atoms with Crippen LogP contribution < -0.4 is 0 Å². The van der Waals surface area contributed by atoms with Crippen LogP contribution >= 0.6 is 0 Å². The Balaban J connectivity index is 0.983. The largest absolute Gasteiger partial charge is 0.465 e. The second-order valence-corrected chi connectivity index (χ2v) is 14.8. The van der Waals surface area contributed by atoms with Crippen LogP contribution in [0.5, 0.6) is 0 Å². The molecule has 12 heteroatoms. The summed E-state index contributed by atoms with van der Waals surface area (Å²) in [5.74, 6) is -1.27. The summed E-state index contributed by atoms with van der Waals surface area (Å²) in [5.41, 5.74) is -0.773. The minimum atomic E-state index is -5.94. The molecule has 8 bridgehead atoms. The summed E-state index contributed by atoms with van der Waals surface area (Å²) in [6.07, 6.45) is 7.18. The Morgan fingerprint density at radius 3 is 2.11 bits per heavy atom. The van der Waals surface area contributed by atoms with Gasteiger partial charge in [0, 0.05) is 11.8 Å². The van der Waals surface area contributed by atoms with Crippen LogP contribution in [0.15, 0.2) is 0 Å². The van der Waals surface area contributed by atoms with E-state index in [4.69, 9.17) is 23.5 Å². The average Bonchev–Trinajstić information content (AvgIpc) is 3.26. The lowest BCUT2D eigenvalue weighted by Crippen LogP contribution is -2.59. The zero-order valence-corrected chi connectivity index (χ0v) is 21.9. The highest BCUT2D eigenvalue weighted by molar-refractivity contribution is 7.87. The molecule has 0 aromatic heterocycles. The molecule has 9 aliphatic rings. The fraction of sp³-hybridized carbons (Fsp3) is 0.923. The van der Waals surface area contributed by atoms with Gasteiger partial charge in [-0.1, -0.05) is 0 Å². The number of carbonyl (C=O) groups excluding carboxylic acids is 2. The summed E-state index contributed by atoms with van der Waals surface area (Å²) in [5, 5.41) is -5.03. The number of carbonyl (C=O) groups is 2. The van der Waals surface area contributed by atoms with Gasteiger partial charge in [0.15, 0.2) is 5.79 Å². The topological polar surface area (TPSA) is 125 Å². The Labute approximate surface area is 220 Å². The van der Waals surface area contributed by atoms with Gasteiger partial charge in [0.05, 0.1) is 12.0 Å². The fourth-order valence-corrected chi connectivity index (χ4v) is 10.2. The minimum Gasteiger partial charge on any atom is -0.462 e. The first-order valence-electron chi connectivity index (χ1n) is 13.9. The molecular weight excluding hydrogens is 526 g/mol. The van der Waals surface area contributed by atoms with E-state index in [1.807, 2.05) is 0 Å². The van der Waals surface area contributed by atoms with Crippen LogP contribution in [-0.4, -0.2) is 61.4 Å². The summed E-state index contributed by atoms with van der Waals surface area (Å²) >= 11 is 0. The fourth-order valence-electron chi connectivity index (χ4n) is 9.94. The second kappa shape index (κ2) is 8.33. The molecule has 1 N–H and O–H groups in total. The molecule has 1 saturated heterocycles. The maximum absolute atomic E-state index is 13.8. The third-order valence-corrected chi connectivity index (χ3v) is 11.8. The van der Waals surface area contributed by atoms with Gasteiger partial charge in [-0.3, -0.25) is 9.35 Å². The lowest BCUT2D eigenvalue weighted by Gasteiger charge is -2.58. The number of hydrogen-bond donors (Lipinski definition) is 1. The van der Waals surface area contributed by atoms with Crippen molar-refractivity contribution in [3.05, 3.63) is 0 Å². The standard InChI is InChI=1S/C26H34F2O9S/c27-26(28,38(31,32)33)23(30)36-21-16-2-15-3-17(21)10-24(8-15,9-16)22(29)34-11-20-12-35-25(37-20)18-4-13-1-14(6-18)7-19(25)5-13/h13-21H,1-12H2,(H,31,32,33). The molecule has 0 aromatic rings. The summed E-state index contributed by atoms with van der Waals surface area (Å²) < 4.78 is 81.9. The van der Waals surface area contributed by atoms with Crippen molar-refractivity contribution in [2.45, 2.75) is 87.5 Å². The third kappa shape index (κ3) is 3.72. The van der Waals surface area contributed by atoms with E-state index in [9.17, 15) is 26.8 Å². The average molecular weight is 561 g/mol. The summed E-state index contributed by atoms with van der Waals surface area (Å²) in [7, 11) is -5.94. The molecule has 0 radical (unpaired) electrons. The van der Waals surface area contributed by atoms with E-state index in [1.165, 1.54) is 6.42 Å². The van der Waals surface area contributed by atoms with Crippen molar-refractivity contribution in [3.8, 4) is 0 Å². The normalized spacial score (nSPS) is 48.6. The molecule has 8 aliphatic carbocycles. The van der Waals surface area contributed by atoms with E-state index < -0.39 is 38.6 Å². The quantitative estimate of drug-likeness (QED) is 0.385. The van der Waals surface area contributed by atoms with E-state index in [0.717, 1.165) is 37.5 Å². The highest BCUT2D eigenvalue weighted by Gasteiger charge is 2.64. The zero-order valence-electron chi connectivity index (χ0n) is 21.1. The van der Waals surface area contributed by atoms with Gasteiger partial charge in [-0.2, -0.15) is 17.2 Å². The maximum Gasteiger partial charge on any atom is 0.465 e. The van der Waals surface area contributed by atoms with Crippen LogP contribution in [-0.2, 0) is 38.7 Å². The lowest BCUT2D eigenvalue weighted by molar-refractivity contribution is -0.295. The van der Waals surface area contributed by atoms with Crippen molar-refractivity contribution in [3.63, 3.8) is 0 Å². The Morgan fingerprint density at radius 2 is 1.53 bits per heavy atom. The predicted octanol–water partition coefficient (Wildman–Crippen LogP) is 3.32. The third-order valence-electron chi connectivity index (χ3n) is 10.9. The van der Waals surface area contributed by atoms with Crippen molar-refractivity contribution in [2.75, 3.05) is 13.2 Å². The number of alkyl halides is 2. The van der Waals surface area contributed by atoms with E-state index >= 15 is 0 Å². The summed E-state index contributed by atoms with van der Waals surface area (Å²) in [4.78, 5) is 25.4. The van der Waals surface area contributed by atoms with E-state index in [-0.39, 0.29) is 36.4 Å². The van der Waals surface area contributed by atoms with Crippen LogP contribution in [0.4, 0.5) is 8.78 Å². The van der Waals surface area contributed by atoms with Crippen LogP contribution in [0.2, 0.25) is 0 Å². The van der Waals surface area contributed by atoms with Gasteiger partial charge in [-0.05, 0) is 93.8 Å².